The fourth-order valence-electron chi connectivity index (χ4n) is 3.46. The standard InChI is InChI=1S/C14H18BrN3O/c15-10-3-1-4-11(9-10)17-14(13(16)19)6-8-18-7-2-5-12(14)18/h1,3-4,9,12,17H,2,5-8H2,(H2,16,19). The van der Waals surface area contributed by atoms with Gasteiger partial charge in [-0.25, -0.2) is 0 Å². The highest BCUT2D eigenvalue weighted by molar-refractivity contribution is 9.10. The quantitative estimate of drug-likeness (QED) is 0.893. The third-order valence-electron chi connectivity index (χ3n) is 4.36. The fraction of sp³-hybridized carbons (Fsp3) is 0.500. The number of nitrogens with one attached hydrogen (secondary N) is 1. The number of nitrogens with two attached hydrogens (primary N) is 1. The lowest BCUT2D eigenvalue weighted by Crippen LogP contribution is -2.57. The topological polar surface area (TPSA) is 58.4 Å². The minimum Gasteiger partial charge on any atom is -0.370 e. The molecule has 102 valence electrons. The molecule has 0 spiro atoms. The van der Waals surface area contributed by atoms with E-state index in [1.807, 2.05) is 24.3 Å². The number of carbonyl (C=O) groups is 1. The van der Waals surface area contributed by atoms with Gasteiger partial charge in [-0.15, -0.1) is 0 Å². The van der Waals surface area contributed by atoms with Crippen LogP contribution in [0.2, 0.25) is 0 Å². The van der Waals surface area contributed by atoms with Crippen LogP contribution < -0.4 is 11.1 Å². The Bertz CT molecular complexity index is 507. The molecule has 3 rings (SSSR count). The molecule has 0 saturated carbocycles. The first kappa shape index (κ1) is 12.9. The summed E-state index contributed by atoms with van der Waals surface area (Å²) in [5.74, 6) is -0.234. The van der Waals surface area contributed by atoms with E-state index < -0.39 is 5.54 Å². The van der Waals surface area contributed by atoms with Crippen molar-refractivity contribution in [3.63, 3.8) is 0 Å². The first-order valence-corrected chi connectivity index (χ1v) is 7.49. The first-order valence-electron chi connectivity index (χ1n) is 6.69. The number of hydrogen-bond donors (Lipinski definition) is 2. The number of fused-ring (bicyclic) bond motifs is 1. The highest BCUT2D eigenvalue weighted by atomic mass is 79.9. The molecule has 0 aliphatic carbocycles. The van der Waals surface area contributed by atoms with Crippen molar-refractivity contribution in [1.82, 2.24) is 4.90 Å². The Labute approximate surface area is 121 Å². The van der Waals surface area contributed by atoms with Crippen LogP contribution in [0.4, 0.5) is 5.69 Å². The highest BCUT2D eigenvalue weighted by Crippen LogP contribution is 2.38. The van der Waals surface area contributed by atoms with Gasteiger partial charge in [-0.3, -0.25) is 9.69 Å². The predicted molar refractivity (Wildman–Crippen MR) is 78.9 cm³/mol. The monoisotopic (exact) mass is 323 g/mol. The Morgan fingerprint density at radius 1 is 1.47 bits per heavy atom. The van der Waals surface area contributed by atoms with Crippen molar-refractivity contribution >= 4 is 27.5 Å². The molecule has 0 aromatic heterocycles. The van der Waals surface area contributed by atoms with Gasteiger partial charge in [0.05, 0.1) is 0 Å². The third kappa shape index (κ3) is 2.15. The van der Waals surface area contributed by atoms with Gasteiger partial charge >= 0.3 is 0 Å². The van der Waals surface area contributed by atoms with Crippen molar-refractivity contribution in [2.45, 2.75) is 30.8 Å². The summed E-state index contributed by atoms with van der Waals surface area (Å²) in [6.45, 7) is 2.04. The van der Waals surface area contributed by atoms with Crippen molar-refractivity contribution < 1.29 is 4.79 Å². The van der Waals surface area contributed by atoms with E-state index in [1.165, 1.54) is 0 Å². The Kier molecular flexibility index (Phi) is 3.27. The maximum absolute atomic E-state index is 12.1. The van der Waals surface area contributed by atoms with Crippen LogP contribution in [-0.4, -0.2) is 35.5 Å². The molecule has 1 aromatic rings. The number of halogens is 1. The van der Waals surface area contributed by atoms with Crippen molar-refractivity contribution in [2.24, 2.45) is 5.73 Å². The summed E-state index contributed by atoms with van der Waals surface area (Å²) >= 11 is 3.46. The van der Waals surface area contributed by atoms with E-state index in [9.17, 15) is 4.79 Å². The predicted octanol–water partition coefficient (Wildman–Crippen LogP) is 1.95. The number of benzene rings is 1. The van der Waals surface area contributed by atoms with Crippen LogP contribution in [0.15, 0.2) is 28.7 Å². The van der Waals surface area contributed by atoms with Crippen molar-refractivity contribution in [2.75, 3.05) is 18.4 Å². The zero-order valence-corrected chi connectivity index (χ0v) is 12.3. The molecule has 1 aromatic carbocycles. The number of primary amides is 1. The summed E-state index contributed by atoms with van der Waals surface area (Å²) in [5, 5.41) is 3.42. The molecule has 3 N–H and O–H groups in total. The maximum Gasteiger partial charge on any atom is 0.244 e. The Hall–Kier alpha value is -1.07. The fourth-order valence-corrected chi connectivity index (χ4v) is 3.86. The van der Waals surface area contributed by atoms with Gasteiger partial charge in [-0.05, 0) is 44.0 Å². The van der Waals surface area contributed by atoms with Gasteiger partial charge in [0.15, 0.2) is 0 Å². The zero-order chi connectivity index (χ0) is 13.5. The van der Waals surface area contributed by atoms with Gasteiger partial charge in [-0.2, -0.15) is 0 Å². The summed E-state index contributed by atoms with van der Waals surface area (Å²) < 4.78 is 0.999. The zero-order valence-electron chi connectivity index (χ0n) is 10.7. The van der Waals surface area contributed by atoms with Crippen LogP contribution in [0.5, 0.6) is 0 Å². The minimum absolute atomic E-state index is 0.234. The second-order valence-corrected chi connectivity index (χ2v) is 6.33. The average molecular weight is 324 g/mol. The summed E-state index contributed by atoms with van der Waals surface area (Å²) in [6.07, 6.45) is 2.99. The number of nitrogens with zero attached hydrogens (tertiary/aromatic N) is 1. The molecule has 2 saturated heterocycles. The number of anilines is 1. The van der Waals surface area contributed by atoms with E-state index in [2.05, 4.69) is 26.1 Å². The van der Waals surface area contributed by atoms with Crippen LogP contribution >= 0.6 is 15.9 Å². The van der Waals surface area contributed by atoms with Crippen molar-refractivity contribution in [1.29, 1.82) is 0 Å². The van der Waals surface area contributed by atoms with Gasteiger partial charge in [-0.1, -0.05) is 22.0 Å². The van der Waals surface area contributed by atoms with E-state index in [4.69, 9.17) is 5.73 Å². The van der Waals surface area contributed by atoms with Gasteiger partial charge in [0.2, 0.25) is 5.91 Å². The second kappa shape index (κ2) is 4.80. The summed E-state index contributed by atoms with van der Waals surface area (Å²) in [7, 11) is 0. The summed E-state index contributed by atoms with van der Waals surface area (Å²) in [5.41, 5.74) is 6.07. The molecule has 2 heterocycles. The molecule has 2 unspecified atom stereocenters. The molecule has 2 aliphatic heterocycles. The average Bonchev–Trinajstić information content (AvgIpc) is 2.93. The van der Waals surface area contributed by atoms with Gasteiger partial charge in [0.25, 0.3) is 0 Å². The molecule has 2 atom stereocenters. The van der Waals surface area contributed by atoms with Crippen molar-refractivity contribution in [3.05, 3.63) is 28.7 Å². The Morgan fingerprint density at radius 2 is 2.32 bits per heavy atom. The number of rotatable bonds is 3. The Balaban J connectivity index is 1.91. The molecular formula is C14H18BrN3O. The molecule has 2 fully saturated rings. The number of hydrogen-bond acceptors (Lipinski definition) is 3. The maximum atomic E-state index is 12.1. The SMILES string of the molecule is NC(=O)C1(Nc2cccc(Br)c2)CCN2CCCC21. The Morgan fingerprint density at radius 3 is 3.05 bits per heavy atom. The normalized spacial score (nSPS) is 30.3. The molecule has 2 aliphatic rings. The highest BCUT2D eigenvalue weighted by Gasteiger charge is 2.53. The molecule has 19 heavy (non-hydrogen) atoms. The number of carbonyl (C=O) groups excluding carboxylic acids is 1. The van der Waals surface area contributed by atoms with E-state index in [0.29, 0.717) is 0 Å². The van der Waals surface area contributed by atoms with Gasteiger partial charge in [0.1, 0.15) is 5.54 Å². The van der Waals surface area contributed by atoms with Gasteiger partial charge in [0, 0.05) is 22.7 Å². The van der Waals surface area contributed by atoms with Crippen LogP contribution in [-0.2, 0) is 4.79 Å². The van der Waals surface area contributed by atoms with Gasteiger partial charge < -0.3 is 11.1 Å². The van der Waals surface area contributed by atoms with Crippen LogP contribution in [0.1, 0.15) is 19.3 Å². The lowest BCUT2D eigenvalue weighted by atomic mass is 9.87. The molecule has 0 bridgehead atoms. The summed E-state index contributed by atoms with van der Waals surface area (Å²) in [4.78, 5) is 14.5. The van der Waals surface area contributed by atoms with E-state index in [0.717, 1.165) is 42.5 Å². The molecule has 1 amide bonds. The number of amides is 1. The lowest BCUT2D eigenvalue weighted by Gasteiger charge is -2.34. The van der Waals surface area contributed by atoms with E-state index in [-0.39, 0.29) is 11.9 Å². The third-order valence-corrected chi connectivity index (χ3v) is 4.85. The van der Waals surface area contributed by atoms with Crippen LogP contribution in [0.25, 0.3) is 0 Å². The van der Waals surface area contributed by atoms with Crippen LogP contribution in [0.3, 0.4) is 0 Å². The van der Waals surface area contributed by atoms with Crippen molar-refractivity contribution in [3.8, 4) is 0 Å². The van der Waals surface area contributed by atoms with Crippen LogP contribution in [0, 0.1) is 0 Å². The summed E-state index contributed by atoms with van der Waals surface area (Å²) in [6, 6.07) is 8.14. The molecule has 0 radical (unpaired) electrons. The molecule has 5 heteroatoms. The smallest absolute Gasteiger partial charge is 0.244 e. The van der Waals surface area contributed by atoms with E-state index >= 15 is 0 Å². The lowest BCUT2D eigenvalue weighted by molar-refractivity contribution is -0.122. The minimum atomic E-state index is -0.614. The first-order chi connectivity index (χ1) is 9.12. The second-order valence-electron chi connectivity index (χ2n) is 5.41. The largest absolute Gasteiger partial charge is 0.370 e. The van der Waals surface area contributed by atoms with E-state index in [1.54, 1.807) is 0 Å². The molecular weight excluding hydrogens is 306 g/mol. The molecule has 4 nitrogen and oxygen atoms in total.